The van der Waals surface area contributed by atoms with Crippen molar-refractivity contribution in [2.75, 3.05) is 6.61 Å². The maximum atomic E-state index is 13.4. The van der Waals surface area contributed by atoms with Crippen LogP contribution in [0.2, 0.25) is 0 Å². The molecule has 0 aliphatic rings. The number of esters is 2. The minimum absolute atomic E-state index is 0.0888. The molecule has 1 N–H and O–H groups in total. The monoisotopic (exact) mass is 355 g/mol. The molecule has 0 radical (unpaired) electrons. The Morgan fingerprint density at radius 3 is 2.28 bits per heavy atom. The summed E-state index contributed by atoms with van der Waals surface area (Å²) in [4.78, 5) is 26.3. The minimum Gasteiger partial charge on any atom is -0.462 e. The largest absolute Gasteiger partial charge is 0.462 e. The SMILES string of the molecule is CCOC(=O)c1c(C)[nH]c(C(=O)OCc2ccccc2)c1C(F)(F)F. The Morgan fingerprint density at radius 1 is 1.08 bits per heavy atom. The van der Waals surface area contributed by atoms with Gasteiger partial charge in [0.15, 0.2) is 0 Å². The summed E-state index contributed by atoms with van der Waals surface area (Å²) < 4.78 is 49.8. The zero-order valence-electron chi connectivity index (χ0n) is 13.6. The molecular weight excluding hydrogens is 339 g/mol. The van der Waals surface area contributed by atoms with Gasteiger partial charge in [0.2, 0.25) is 0 Å². The number of H-pyrrole nitrogens is 1. The number of alkyl halides is 3. The molecule has 1 aromatic carbocycles. The first-order chi connectivity index (χ1) is 11.8. The molecule has 134 valence electrons. The molecule has 0 spiro atoms. The predicted octanol–water partition coefficient (Wildman–Crippen LogP) is 3.88. The minimum atomic E-state index is -4.92. The molecule has 0 fully saturated rings. The first-order valence-corrected chi connectivity index (χ1v) is 7.43. The number of halogens is 3. The van der Waals surface area contributed by atoms with Crippen molar-refractivity contribution in [2.45, 2.75) is 26.6 Å². The van der Waals surface area contributed by atoms with E-state index >= 15 is 0 Å². The lowest BCUT2D eigenvalue weighted by atomic mass is 10.1. The number of carbonyl (C=O) groups excluding carboxylic acids is 2. The van der Waals surface area contributed by atoms with E-state index in [0.29, 0.717) is 5.56 Å². The van der Waals surface area contributed by atoms with E-state index in [1.54, 1.807) is 30.3 Å². The highest BCUT2D eigenvalue weighted by atomic mass is 19.4. The van der Waals surface area contributed by atoms with Crippen molar-refractivity contribution >= 4 is 11.9 Å². The number of benzene rings is 1. The van der Waals surface area contributed by atoms with Crippen molar-refractivity contribution in [3.8, 4) is 0 Å². The molecule has 0 atom stereocenters. The fraction of sp³-hybridized carbons (Fsp3) is 0.294. The quantitative estimate of drug-likeness (QED) is 0.827. The fourth-order valence-electron chi connectivity index (χ4n) is 2.32. The Balaban J connectivity index is 2.35. The first-order valence-electron chi connectivity index (χ1n) is 7.43. The molecule has 0 aliphatic heterocycles. The average Bonchev–Trinajstić information content (AvgIpc) is 2.91. The summed E-state index contributed by atoms with van der Waals surface area (Å²) in [6.07, 6.45) is -4.92. The molecule has 1 heterocycles. The number of aromatic amines is 1. The molecule has 8 heteroatoms. The van der Waals surface area contributed by atoms with E-state index < -0.39 is 34.9 Å². The van der Waals surface area contributed by atoms with E-state index in [-0.39, 0.29) is 18.9 Å². The van der Waals surface area contributed by atoms with E-state index in [1.165, 1.54) is 13.8 Å². The van der Waals surface area contributed by atoms with Crippen LogP contribution in [0.4, 0.5) is 13.2 Å². The van der Waals surface area contributed by atoms with Crippen LogP contribution in [0.15, 0.2) is 30.3 Å². The number of ether oxygens (including phenoxy) is 2. The Morgan fingerprint density at radius 2 is 1.72 bits per heavy atom. The summed E-state index contributed by atoms with van der Waals surface area (Å²) in [7, 11) is 0. The summed E-state index contributed by atoms with van der Waals surface area (Å²) in [5, 5.41) is 0. The van der Waals surface area contributed by atoms with Crippen molar-refractivity contribution < 1.29 is 32.2 Å². The van der Waals surface area contributed by atoms with E-state index in [0.717, 1.165) is 0 Å². The third kappa shape index (κ3) is 4.20. The van der Waals surface area contributed by atoms with E-state index in [9.17, 15) is 22.8 Å². The van der Waals surface area contributed by atoms with Crippen LogP contribution in [0.25, 0.3) is 0 Å². The predicted molar refractivity (Wildman–Crippen MR) is 82.0 cm³/mol. The maximum absolute atomic E-state index is 13.4. The van der Waals surface area contributed by atoms with Gasteiger partial charge >= 0.3 is 18.1 Å². The standard InChI is InChI=1S/C17H16F3NO4/c1-3-24-15(22)12-10(2)21-14(13(12)17(18,19)20)16(23)25-9-11-7-5-4-6-8-11/h4-8,21H,3,9H2,1-2H3. The van der Waals surface area contributed by atoms with Gasteiger partial charge in [-0.25, -0.2) is 9.59 Å². The topological polar surface area (TPSA) is 68.4 Å². The molecular formula is C17H16F3NO4. The molecule has 0 unspecified atom stereocenters. The zero-order valence-corrected chi connectivity index (χ0v) is 13.6. The van der Waals surface area contributed by atoms with Gasteiger partial charge in [0.05, 0.1) is 12.2 Å². The van der Waals surface area contributed by atoms with Gasteiger partial charge in [-0.1, -0.05) is 30.3 Å². The Hall–Kier alpha value is -2.77. The summed E-state index contributed by atoms with van der Waals surface area (Å²) in [6.45, 7) is 2.45. The highest BCUT2D eigenvalue weighted by Gasteiger charge is 2.43. The van der Waals surface area contributed by atoms with Gasteiger partial charge < -0.3 is 14.5 Å². The summed E-state index contributed by atoms with van der Waals surface area (Å²) >= 11 is 0. The van der Waals surface area contributed by atoms with Crippen LogP contribution in [0.3, 0.4) is 0 Å². The number of nitrogens with one attached hydrogen (secondary N) is 1. The van der Waals surface area contributed by atoms with Crippen molar-refractivity contribution in [3.63, 3.8) is 0 Å². The molecule has 1 aromatic heterocycles. The smallest absolute Gasteiger partial charge is 0.419 e. The lowest BCUT2D eigenvalue weighted by molar-refractivity contribution is -0.138. The number of rotatable bonds is 5. The van der Waals surface area contributed by atoms with Gasteiger partial charge in [-0.2, -0.15) is 13.2 Å². The lowest BCUT2D eigenvalue weighted by Crippen LogP contribution is -2.18. The molecule has 0 aliphatic carbocycles. The average molecular weight is 355 g/mol. The van der Waals surface area contributed by atoms with Gasteiger partial charge in [0.1, 0.15) is 17.9 Å². The van der Waals surface area contributed by atoms with Crippen LogP contribution in [0.5, 0.6) is 0 Å². The van der Waals surface area contributed by atoms with Crippen LogP contribution in [-0.4, -0.2) is 23.5 Å². The zero-order chi connectivity index (χ0) is 18.6. The summed E-state index contributed by atoms with van der Waals surface area (Å²) in [5.41, 5.74) is -2.39. The third-order valence-corrected chi connectivity index (χ3v) is 3.37. The van der Waals surface area contributed by atoms with Crippen LogP contribution < -0.4 is 0 Å². The summed E-state index contributed by atoms with van der Waals surface area (Å²) in [6, 6.07) is 8.51. The molecule has 0 saturated heterocycles. The number of aromatic nitrogens is 1. The Kier molecular flexibility index (Phi) is 5.51. The number of hydrogen-bond donors (Lipinski definition) is 1. The highest BCUT2D eigenvalue weighted by molar-refractivity contribution is 5.99. The Labute approximate surface area is 141 Å². The van der Waals surface area contributed by atoms with Gasteiger partial charge in [-0.05, 0) is 19.4 Å². The third-order valence-electron chi connectivity index (χ3n) is 3.37. The molecule has 25 heavy (non-hydrogen) atoms. The fourth-order valence-corrected chi connectivity index (χ4v) is 2.32. The van der Waals surface area contributed by atoms with Crippen LogP contribution in [0, 0.1) is 6.92 Å². The molecule has 0 saturated carbocycles. The van der Waals surface area contributed by atoms with Crippen LogP contribution >= 0.6 is 0 Å². The van der Waals surface area contributed by atoms with E-state index in [2.05, 4.69) is 9.72 Å². The molecule has 2 aromatic rings. The molecule has 2 rings (SSSR count). The lowest BCUT2D eigenvalue weighted by Gasteiger charge is -2.11. The van der Waals surface area contributed by atoms with Gasteiger partial charge in [-0.3, -0.25) is 0 Å². The van der Waals surface area contributed by atoms with Gasteiger partial charge in [0.25, 0.3) is 0 Å². The van der Waals surface area contributed by atoms with Crippen molar-refractivity contribution in [3.05, 3.63) is 58.4 Å². The van der Waals surface area contributed by atoms with E-state index in [4.69, 9.17) is 4.74 Å². The van der Waals surface area contributed by atoms with Crippen molar-refractivity contribution in [1.82, 2.24) is 4.98 Å². The number of carbonyl (C=O) groups is 2. The van der Waals surface area contributed by atoms with Gasteiger partial charge in [0, 0.05) is 5.69 Å². The van der Waals surface area contributed by atoms with Crippen LogP contribution in [-0.2, 0) is 22.3 Å². The maximum Gasteiger partial charge on any atom is 0.419 e. The van der Waals surface area contributed by atoms with Crippen LogP contribution in [0.1, 0.15) is 44.6 Å². The van der Waals surface area contributed by atoms with Gasteiger partial charge in [-0.15, -0.1) is 0 Å². The second-order valence-corrected chi connectivity index (χ2v) is 5.15. The normalized spacial score (nSPS) is 11.2. The van der Waals surface area contributed by atoms with Crippen molar-refractivity contribution in [2.24, 2.45) is 0 Å². The highest BCUT2D eigenvalue weighted by Crippen LogP contribution is 2.37. The Bertz CT molecular complexity index is 766. The molecule has 5 nitrogen and oxygen atoms in total. The summed E-state index contributed by atoms with van der Waals surface area (Å²) in [5.74, 6) is -2.35. The first kappa shape index (κ1) is 18.6. The number of aryl methyl sites for hydroxylation is 1. The second-order valence-electron chi connectivity index (χ2n) is 5.15. The molecule has 0 amide bonds. The number of hydrogen-bond acceptors (Lipinski definition) is 4. The molecule has 0 bridgehead atoms. The second kappa shape index (κ2) is 7.42. The van der Waals surface area contributed by atoms with E-state index in [1.807, 2.05) is 0 Å². The van der Waals surface area contributed by atoms with Crippen molar-refractivity contribution in [1.29, 1.82) is 0 Å².